The van der Waals surface area contributed by atoms with Crippen LogP contribution in [0.2, 0.25) is 0 Å². The van der Waals surface area contributed by atoms with Crippen LogP contribution in [-0.2, 0) is 16.6 Å². The third-order valence-electron chi connectivity index (χ3n) is 2.27. The van der Waals surface area contributed by atoms with E-state index in [1.807, 2.05) is 0 Å². The van der Waals surface area contributed by atoms with Crippen LogP contribution in [0.4, 0.5) is 0 Å². The molecule has 0 spiro atoms. The zero-order valence-corrected chi connectivity index (χ0v) is 9.93. The fourth-order valence-corrected chi connectivity index (χ4v) is 1.48. The summed E-state index contributed by atoms with van der Waals surface area (Å²) in [5.41, 5.74) is 1.21. The highest BCUT2D eigenvalue weighted by Crippen LogP contribution is 2.15. The normalized spacial score (nSPS) is 10.8. The van der Waals surface area contributed by atoms with Crippen LogP contribution in [0.15, 0.2) is 6.08 Å². The van der Waals surface area contributed by atoms with Gasteiger partial charge in [-0.3, -0.25) is 9.48 Å². The van der Waals surface area contributed by atoms with E-state index >= 15 is 0 Å². The molecule has 0 saturated heterocycles. The Morgan fingerprint density at radius 1 is 1.53 bits per heavy atom. The molecule has 0 atom stereocenters. The lowest BCUT2D eigenvalue weighted by Crippen LogP contribution is -2.06. The van der Waals surface area contributed by atoms with Crippen LogP contribution < -0.4 is 0 Å². The third-order valence-corrected chi connectivity index (χ3v) is 2.27. The number of nitrogens with zero attached hydrogens (tertiary/aromatic N) is 2. The second-order valence-corrected chi connectivity index (χ2v) is 3.46. The number of hydrogen-bond acceptors (Lipinski definition) is 4. The van der Waals surface area contributed by atoms with E-state index in [1.54, 1.807) is 26.1 Å². The smallest absolute Gasteiger partial charge is 0.354 e. The van der Waals surface area contributed by atoms with Gasteiger partial charge in [0.1, 0.15) is 0 Å². The highest BCUT2D eigenvalue weighted by Gasteiger charge is 2.16. The van der Waals surface area contributed by atoms with E-state index in [9.17, 15) is 9.59 Å². The molecule has 1 N–H and O–H groups in total. The van der Waals surface area contributed by atoms with Gasteiger partial charge in [0.15, 0.2) is 5.69 Å². The third kappa shape index (κ3) is 2.93. The SMILES string of the molecule is COC(=O)CC=Cc1c(C)nn(C)c1C(=O)O. The number of esters is 1. The fourth-order valence-electron chi connectivity index (χ4n) is 1.48. The van der Waals surface area contributed by atoms with Crippen molar-refractivity contribution in [2.75, 3.05) is 7.11 Å². The minimum Gasteiger partial charge on any atom is -0.477 e. The summed E-state index contributed by atoms with van der Waals surface area (Å²) in [6.45, 7) is 1.71. The van der Waals surface area contributed by atoms with Gasteiger partial charge in [0, 0.05) is 12.6 Å². The average molecular weight is 238 g/mol. The van der Waals surface area contributed by atoms with Gasteiger partial charge in [-0.2, -0.15) is 5.10 Å². The van der Waals surface area contributed by atoms with Crippen LogP contribution in [0.25, 0.3) is 6.08 Å². The Hall–Kier alpha value is -2.11. The number of carboxylic acid groups (broad SMARTS) is 1. The molecule has 0 amide bonds. The number of carbonyl (C=O) groups excluding carboxylic acids is 1. The van der Waals surface area contributed by atoms with E-state index in [0.717, 1.165) is 0 Å². The molecular formula is C11H14N2O4. The molecule has 0 aromatic carbocycles. The number of methoxy groups -OCH3 is 1. The first kappa shape index (κ1) is 13.0. The average Bonchev–Trinajstić information content (AvgIpc) is 2.53. The van der Waals surface area contributed by atoms with Crippen LogP contribution in [-0.4, -0.2) is 33.9 Å². The summed E-state index contributed by atoms with van der Waals surface area (Å²) in [7, 11) is 2.86. The lowest BCUT2D eigenvalue weighted by atomic mass is 10.1. The van der Waals surface area contributed by atoms with Crippen molar-refractivity contribution in [3.05, 3.63) is 23.0 Å². The van der Waals surface area contributed by atoms with Gasteiger partial charge in [0.2, 0.25) is 0 Å². The van der Waals surface area contributed by atoms with E-state index < -0.39 is 5.97 Å². The quantitative estimate of drug-likeness (QED) is 0.791. The second-order valence-electron chi connectivity index (χ2n) is 3.46. The summed E-state index contributed by atoms with van der Waals surface area (Å²) in [6, 6.07) is 0. The van der Waals surface area contributed by atoms with Gasteiger partial charge in [-0.05, 0) is 6.92 Å². The highest BCUT2D eigenvalue weighted by atomic mass is 16.5. The van der Waals surface area contributed by atoms with Crippen LogP contribution in [0.5, 0.6) is 0 Å². The molecule has 1 rings (SSSR count). The maximum absolute atomic E-state index is 11.0. The number of hydrogen-bond donors (Lipinski definition) is 1. The number of aromatic carboxylic acids is 1. The fraction of sp³-hybridized carbons (Fsp3) is 0.364. The minimum atomic E-state index is -1.05. The molecule has 1 heterocycles. The molecule has 0 radical (unpaired) electrons. The van der Waals surface area contributed by atoms with Crippen molar-refractivity contribution in [1.82, 2.24) is 9.78 Å². The molecule has 0 aliphatic carbocycles. The van der Waals surface area contributed by atoms with Crippen LogP contribution in [0.1, 0.15) is 28.2 Å². The maximum Gasteiger partial charge on any atom is 0.354 e. The van der Waals surface area contributed by atoms with E-state index in [1.165, 1.54) is 11.8 Å². The summed E-state index contributed by atoms with van der Waals surface area (Å²) >= 11 is 0. The monoisotopic (exact) mass is 238 g/mol. The topological polar surface area (TPSA) is 81.4 Å². The van der Waals surface area contributed by atoms with Crippen LogP contribution in [0.3, 0.4) is 0 Å². The summed E-state index contributed by atoms with van der Waals surface area (Å²) in [5, 5.41) is 13.0. The Morgan fingerprint density at radius 3 is 2.71 bits per heavy atom. The van der Waals surface area contributed by atoms with Crippen LogP contribution >= 0.6 is 0 Å². The first-order valence-electron chi connectivity index (χ1n) is 4.97. The molecule has 0 aliphatic rings. The van der Waals surface area contributed by atoms with Gasteiger partial charge in [0.05, 0.1) is 19.2 Å². The number of aromatic nitrogens is 2. The predicted molar refractivity (Wildman–Crippen MR) is 60.6 cm³/mol. The molecule has 0 aliphatic heterocycles. The molecule has 0 bridgehead atoms. The number of ether oxygens (including phenoxy) is 1. The molecular weight excluding hydrogens is 224 g/mol. The Kier molecular flexibility index (Phi) is 4.03. The summed E-state index contributed by atoms with van der Waals surface area (Å²) < 4.78 is 5.78. The number of rotatable bonds is 4. The Balaban J connectivity index is 2.98. The molecule has 6 heteroatoms. The van der Waals surface area contributed by atoms with Gasteiger partial charge in [-0.15, -0.1) is 0 Å². The zero-order chi connectivity index (χ0) is 13.0. The zero-order valence-electron chi connectivity index (χ0n) is 9.93. The molecule has 0 fully saturated rings. The van der Waals surface area contributed by atoms with Crippen molar-refractivity contribution < 1.29 is 19.4 Å². The van der Waals surface area contributed by atoms with Crippen LogP contribution in [0, 0.1) is 6.92 Å². The first-order valence-corrected chi connectivity index (χ1v) is 4.97. The molecule has 6 nitrogen and oxygen atoms in total. The van der Waals surface area contributed by atoms with Crippen molar-refractivity contribution in [2.24, 2.45) is 7.05 Å². The van der Waals surface area contributed by atoms with Crippen molar-refractivity contribution in [1.29, 1.82) is 0 Å². The van der Waals surface area contributed by atoms with Gasteiger partial charge >= 0.3 is 11.9 Å². The van der Waals surface area contributed by atoms with Gasteiger partial charge in [0.25, 0.3) is 0 Å². The Labute approximate surface area is 98.5 Å². The van der Waals surface area contributed by atoms with Crippen molar-refractivity contribution in [3.63, 3.8) is 0 Å². The summed E-state index contributed by atoms with van der Waals surface area (Å²) in [5.74, 6) is -1.43. The number of aryl methyl sites for hydroxylation is 2. The molecule has 0 unspecified atom stereocenters. The lowest BCUT2D eigenvalue weighted by Gasteiger charge is -1.97. The Morgan fingerprint density at radius 2 is 2.18 bits per heavy atom. The lowest BCUT2D eigenvalue weighted by molar-refractivity contribution is -0.139. The molecule has 17 heavy (non-hydrogen) atoms. The number of carboxylic acids is 1. The second kappa shape index (κ2) is 5.29. The largest absolute Gasteiger partial charge is 0.477 e. The summed E-state index contributed by atoms with van der Waals surface area (Å²) in [4.78, 5) is 21.9. The summed E-state index contributed by atoms with van der Waals surface area (Å²) in [6.07, 6.45) is 3.23. The Bertz CT molecular complexity index is 474. The minimum absolute atomic E-state index is 0.101. The molecule has 1 aromatic heterocycles. The molecule has 0 saturated carbocycles. The van der Waals surface area contributed by atoms with Gasteiger partial charge < -0.3 is 9.84 Å². The van der Waals surface area contributed by atoms with Crippen molar-refractivity contribution >= 4 is 18.0 Å². The molecule has 1 aromatic rings. The van der Waals surface area contributed by atoms with Crippen molar-refractivity contribution in [3.8, 4) is 0 Å². The molecule has 92 valence electrons. The van der Waals surface area contributed by atoms with E-state index in [4.69, 9.17) is 5.11 Å². The van der Waals surface area contributed by atoms with Gasteiger partial charge in [-0.1, -0.05) is 12.2 Å². The van der Waals surface area contributed by atoms with E-state index in [2.05, 4.69) is 9.84 Å². The maximum atomic E-state index is 11.0. The number of carbonyl (C=O) groups is 2. The van der Waals surface area contributed by atoms with Gasteiger partial charge in [-0.25, -0.2) is 4.79 Å². The van der Waals surface area contributed by atoms with E-state index in [-0.39, 0.29) is 18.1 Å². The first-order chi connectivity index (χ1) is 7.97. The van der Waals surface area contributed by atoms with E-state index in [0.29, 0.717) is 11.3 Å². The van der Waals surface area contributed by atoms with Crippen molar-refractivity contribution in [2.45, 2.75) is 13.3 Å². The highest BCUT2D eigenvalue weighted by molar-refractivity contribution is 5.91. The predicted octanol–water partition coefficient (Wildman–Crippen LogP) is 1.00. The standard InChI is InChI=1S/C11H14N2O4/c1-7-8(5-4-6-9(14)17-3)10(11(15)16)13(2)12-7/h4-5H,6H2,1-3H3,(H,15,16).